The Hall–Kier alpha value is -2.01. The molecule has 0 aliphatic carbocycles. The van der Waals surface area contributed by atoms with Crippen molar-refractivity contribution < 1.29 is 19.5 Å². The highest BCUT2D eigenvalue weighted by Gasteiger charge is 2.17. The number of piperidine rings is 1. The highest BCUT2D eigenvalue weighted by Crippen LogP contribution is 2.30. The van der Waals surface area contributed by atoms with Crippen molar-refractivity contribution in [2.75, 3.05) is 13.1 Å². The molecule has 20 heavy (non-hydrogen) atoms. The molecule has 3 N–H and O–H groups in total. The number of rotatable bonds is 2. The molecule has 1 aromatic carbocycles. The van der Waals surface area contributed by atoms with Crippen molar-refractivity contribution in [1.82, 2.24) is 0 Å². The second-order valence-corrected chi connectivity index (χ2v) is 5.42. The summed E-state index contributed by atoms with van der Waals surface area (Å²) in [6.45, 7) is 2.95. The van der Waals surface area contributed by atoms with E-state index in [9.17, 15) is 15.0 Å². The predicted octanol–water partition coefficient (Wildman–Crippen LogP) is 0.773. The fourth-order valence-electron chi connectivity index (χ4n) is 2.90. The van der Waals surface area contributed by atoms with Crippen LogP contribution in [0.2, 0.25) is 0 Å². The summed E-state index contributed by atoms with van der Waals surface area (Å²) in [6.07, 6.45) is 3.69. The van der Waals surface area contributed by atoms with E-state index in [4.69, 9.17) is 4.42 Å². The number of nitrogens with one attached hydrogen (secondary N) is 1. The van der Waals surface area contributed by atoms with Gasteiger partial charge < -0.3 is 19.5 Å². The maximum atomic E-state index is 11.6. The lowest BCUT2D eigenvalue weighted by Gasteiger charge is -2.23. The smallest absolute Gasteiger partial charge is 0.336 e. The van der Waals surface area contributed by atoms with Crippen LogP contribution >= 0.6 is 0 Å². The van der Waals surface area contributed by atoms with Gasteiger partial charge in [0.2, 0.25) is 0 Å². The molecule has 106 valence electrons. The minimum Gasteiger partial charge on any atom is -0.504 e. The van der Waals surface area contributed by atoms with E-state index in [0.29, 0.717) is 11.0 Å². The number of quaternary nitrogens is 1. The van der Waals surface area contributed by atoms with Gasteiger partial charge in [-0.2, -0.15) is 0 Å². The van der Waals surface area contributed by atoms with Crippen molar-refractivity contribution >= 4 is 11.0 Å². The third kappa shape index (κ3) is 2.49. The standard InChI is InChI=1S/C15H17NO4/c17-12-7-11-10(9-16-4-2-1-3-5-16)6-15(19)20-14(11)8-13(12)18/h6-8,17-18H,1-5,9H2/p+1. The van der Waals surface area contributed by atoms with Crippen LogP contribution in [0.15, 0.2) is 27.4 Å². The molecule has 0 saturated carbocycles. The first-order valence-corrected chi connectivity index (χ1v) is 6.96. The van der Waals surface area contributed by atoms with Crippen LogP contribution in [0, 0.1) is 0 Å². The molecular weight excluding hydrogens is 258 g/mol. The van der Waals surface area contributed by atoms with Crippen LogP contribution in [0.1, 0.15) is 24.8 Å². The Balaban J connectivity index is 2.04. The molecule has 0 spiro atoms. The van der Waals surface area contributed by atoms with Gasteiger partial charge in [0.05, 0.1) is 13.1 Å². The van der Waals surface area contributed by atoms with E-state index in [-0.39, 0.29) is 11.5 Å². The van der Waals surface area contributed by atoms with Crippen molar-refractivity contribution in [1.29, 1.82) is 0 Å². The number of benzene rings is 1. The summed E-state index contributed by atoms with van der Waals surface area (Å²) >= 11 is 0. The summed E-state index contributed by atoms with van der Waals surface area (Å²) in [5.74, 6) is -0.468. The van der Waals surface area contributed by atoms with E-state index in [1.807, 2.05) is 0 Å². The third-order valence-electron chi connectivity index (χ3n) is 3.93. The molecule has 3 rings (SSSR count). The van der Waals surface area contributed by atoms with Crippen molar-refractivity contribution in [3.05, 3.63) is 34.2 Å². The molecule has 1 saturated heterocycles. The summed E-state index contributed by atoms with van der Waals surface area (Å²) in [6, 6.07) is 4.24. The first kappa shape index (κ1) is 13.0. The van der Waals surface area contributed by atoms with Crippen molar-refractivity contribution in [2.45, 2.75) is 25.8 Å². The van der Waals surface area contributed by atoms with E-state index < -0.39 is 5.63 Å². The molecule has 5 heteroatoms. The maximum absolute atomic E-state index is 11.6. The Morgan fingerprint density at radius 3 is 2.50 bits per heavy atom. The van der Waals surface area contributed by atoms with E-state index in [1.54, 1.807) is 0 Å². The second-order valence-electron chi connectivity index (χ2n) is 5.42. The lowest BCUT2D eigenvalue weighted by molar-refractivity contribution is -0.918. The Kier molecular flexibility index (Phi) is 3.36. The lowest BCUT2D eigenvalue weighted by Crippen LogP contribution is -3.11. The zero-order valence-corrected chi connectivity index (χ0v) is 11.2. The molecule has 0 bridgehead atoms. The van der Waals surface area contributed by atoms with Crippen LogP contribution in [0.3, 0.4) is 0 Å². The average Bonchev–Trinajstić information content (AvgIpc) is 2.42. The molecule has 2 heterocycles. The van der Waals surface area contributed by atoms with Crippen molar-refractivity contribution in [3.63, 3.8) is 0 Å². The normalized spacial score (nSPS) is 16.6. The fraction of sp³-hybridized carbons (Fsp3) is 0.400. The summed E-state index contributed by atoms with van der Waals surface area (Å²) in [5.41, 5.74) is 0.761. The average molecular weight is 276 g/mol. The van der Waals surface area contributed by atoms with Gasteiger partial charge in [-0.25, -0.2) is 4.79 Å². The Morgan fingerprint density at radius 2 is 1.75 bits per heavy atom. The summed E-state index contributed by atoms with van der Waals surface area (Å²) in [4.78, 5) is 13.1. The summed E-state index contributed by atoms with van der Waals surface area (Å²) in [5, 5.41) is 19.8. The van der Waals surface area contributed by atoms with Gasteiger partial charge in [0.15, 0.2) is 11.5 Å². The molecule has 1 fully saturated rings. The Labute approximate surface area is 116 Å². The van der Waals surface area contributed by atoms with Crippen LogP contribution in [0.5, 0.6) is 11.5 Å². The highest BCUT2D eigenvalue weighted by atomic mass is 16.4. The van der Waals surface area contributed by atoms with E-state index in [2.05, 4.69) is 0 Å². The van der Waals surface area contributed by atoms with Crippen molar-refractivity contribution in [2.24, 2.45) is 0 Å². The number of likely N-dealkylation sites (tertiary alicyclic amines) is 1. The molecule has 0 amide bonds. The fourth-order valence-corrected chi connectivity index (χ4v) is 2.90. The van der Waals surface area contributed by atoms with Gasteiger partial charge >= 0.3 is 5.63 Å². The van der Waals surface area contributed by atoms with Gasteiger partial charge in [0.1, 0.15) is 12.1 Å². The lowest BCUT2D eigenvalue weighted by atomic mass is 10.1. The number of hydrogen-bond acceptors (Lipinski definition) is 4. The Bertz CT molecular complexity index is 686. The second kappa shape index (κ2) is 5.17. The van der Waals surface area contributed by atoms with E-state index in [0.717, 1.165) is 25.2 Å². The minimum atomic E-state index is -0.422. The van der Waals surface area contributed by atoms with Gasteiger partial charge in [-0.15, -0.1) is 0 Å². The number of phenols is 2. The van der Waals surface area contributed by atoms with Gasteiger partial charge in [0, 0.05) is 23.1 Å². The molecule has 1 aliphatic rings. The molecule has 1 aliphatic heterocycles. The predicted molar refractivity (Wildman–Crippen MR) is 74.1 cm³/mol. The third-order valence-corrected chi connectivity index (χ3v) is 3.93. The molecule has 1 aromatic heterocycles. The summed E-state index contributed by atoms with van der Waals surface area (Å²) < 4.78 is 5.09. The molecular formula is C15H18NO4+. The topological polar surface area (TPSA) is 75.1 Å². The first-order chi connectivity index (χ1) is 9.63. The maximum Gasteiger partial charge on any atom is 0.336 e. The number of phenolic OH excluding ortho intramolecular Hbond substituents is 2. The quantitative estimate of drug-likeness (QED) is 0.559. The zero-order valence-electron chi connectivity index (χ0n) is 11.2. The van der Waals surface area contributed by atoms with Crippen LogP contribution < -0.4 is 10.5 Å². The first-order valence-electron chi connectivity index (χ1n) is 6.96. The van der Waals surface area contributed by atoms with E-state index >= 15 is 0 Å². The number of fused-ring (bicyclic) bond motifs is 1. The molecule has 0 radical (unpaired) electrons. The number of aromatic hydroxyl groups is 2. The largest absolute Gasteiger partial charge is 0.504 e. The minimum absolute atomic E-state index is 0.193. The molecule has 0 unspecified atom stereocenters. The SMILES string of the molecule is O=c1cc(C[NH+]2CCCCC2)c2cc(O)c(O)cc2o1. The highest BCUT2D eigenvalue weighted by molar-refractivity contribution is 5.83. The monoisotopic (exact) mass is 276 g/mol. The van der Waals surface area contributed by atoms with Crippen molar-refractivity contribution in [3.8, 4) is 11.5 Å². The van der Waals surface area contributed by atoms with Crippen LogP contribution in [0.4, 0.5) is 0 Å². The van der Waals surface area contributed by atoms with Crippen LogP contribution in [-0.2, 0) is 6.54 Å². The van der Waals surface area contributed by atoms with Gasteiger partial charge in [-0.1, -0.05) is 0 Å². The zero-order chi connectivity index (χ0) is 14.1. The molecule has 0 atom stereocenters. The van der Waals surface area contributed by atoms with Gasteiger partial charge in [0.25, 0.3) is 0 Å². The Morgan fingerprint density at radius 1 is 1.05 bits per heavy atom. The molecule has 2 aromatic rings. The van der Waals surface area contributed by atoms with Crippen LogP contribution in [-0.4, -0.2) is 23.3 Å². The van der Waals surface area contributed by atoms with E-state index in [1.165, 1.54) is 42.4 Å². The number of hydrogen-bond donors (Lipinski definition) is 3. The molecule has 5 nitrogen and oxygen atoms in total. The van der Waals surface area contributed by atoms with Gasteiger partial charge in [-0.05, 0) is 25.3 Å². The van der Waals surface area contributed by atoms with Gasteiger partial charge in [-0.3, -0.25) is 0 Å². The van der Waals surface area contributed by atoms with Crippen LogP contribution in [0.25, 0.3) is 11.0 Å². The summed E-state index contributed by atoms with van der Waals surface area (Å²) in [7, 11) is 0.